The van der Waals surface area contributed by atoms with Crippen LogP contribution in [-0.2, 0) is 0 Å². The first kappa shape index (κ1) is 37.6. The van der Waals surface area contributed by atoms with Crippen LogP contribution in [0.25, 0.3) is 72.0 Å². The second-order valence-electron chi connectivity index (χ2n) is 15.9. The molecular formula is C60H43N3. The van der Waals surface area contributed by atoms with Crippen LogP contribution in [-0.4, -0.2) is 4.57 Å². The molecule has 1 N–H and O–H groups in total. The summed E-state index contributed by atoms with van der Waals surface area (Å²) in [5, 5.41) is 6.16. The predicted molar refractivity (Wildman–Crippen MR) is 267 cm³/mol. The highest BCUT2D eigenvalue weighted by Crippen LogP contribution is 2.40. The lowest BCUT2D eigenvalue weighted by Crippen LogP contribution is -2.09. The molecule has 11 rings (SSSR count). The lowest BCUT2D eigenvalue weighted by Gasteiger charge is -2.26. The summed E-state index contributed by atoms with van der Waals surface area (Å²) in [5.74, 6) is 0. The molecule has 10 aromatic carbocycles. The van der Waals surface area contributed by atoms with Crippen LogP contribution in [0.1, 0.15) is 0 Å². The zero-order valence-corrected chi connectivity index (χ0v) is 34.6. The number of nitrogens with one attached hydrogen (secondary N) is 1. The quantitative estimate of drug-likeness (QED) is 0.149. The van der Waals surface area contributed by atoms with Crippen LogP contribution < -0.4 is 10.2 Å². The van der Waals surface area contributed by atoms with Crippen LogP contribution >= 0.6 is 0 Å². The Balaban J connectivity index is 0.909. The lowest BCUT2D eigenvalue weighted by atomic mass is 10.0. The summed E-state index contributed by atoms with van der Waals surface area (Å²) < 4.78 is 2.38. The van der Waals surface area contributed by atoms with Crippen LogP contribution in [0.5, 0.6) is 0 Å². The Kier molecular flexibility index (Phi) is 9.89. The third-order valence-corrected chi connectivity index (χ3v) is 12.0. The minimum Gasteiger partial charge on any atom is -0.355 e. The van der Waals surface area contributed by atoms with Crippen LogP contribution in [0.3, 0.4) is 0 Å². The fourth-order valence-electron chi connectivity index (χ4n) is 8.86. The zero-order valence-electron chi connectivity index (χ0n) is 34.6. The van der Waals surface area contributed by atoms with Crippen molar-refractivity contribution >= 4 is 50.2 Å². The van der Waals surface area contributed by atoms with Gasteiger partial charge in [0.25, 0.3) is 0 Å². The Morgan fingerprint density at radius 1 is 0.302 bits per heavy atom. The molecule has 1 heterocycles. The summed E-state index contributed by atoms with van der Waals surface area (Å²) in [6.45, 7) is 0. The van der Waals surface area contributed by atoms with Crippen LogP contribution in [0, 0.1) is 0 Å². The first-order valence-electron chi connectivity index (χ1n) is 21.5. The van der Waals surface area contributed by atoms with Crippen molar-refractivity contribution < 1.29 is 0 Å². The number of para-hydroxylation sites is 3. The SMILES string of the molecule is c1ccc(-c2ccc(N(c3ccc(-c4ccc(Nc5ccccc5-c5ccccc5)cc4)cc3)c3ccc(-c4ccc5c6ccccc6n(-c6ccccc6)c5c4)cc3)cc2)cc1. The molecule has 0 atom stereocenters. The number of rotatable bonds is 10. The van der Waals surface area contributed by atoms with E-state index in [1.807, 2.05) is 0 Å². The summed E-state index contributed by atoms with van der Waals surface area (Å²) in [5.41, 5.74) is 18.4. The van der Waals surface area contributed by atoms with Gasteiger partial charge in [-0.3, -0.25) is 0 Å². The highest BCUT2D eigenvalue weighted by atomic mass is 15.1. The van der Waals surface area contributed by atoms with Gasteiger partial charge in [0.05, 0.1) is 11.0 Å². The molecule has 3 heteroatoms. The average Bonchev–Trinajstić information content (AvgIpc) is 3.70. The maximum absolute atomic E-state index is 3.65. The van der Waals surface area contributed by atoms with E-state index in [0.29, 0.717) is 0 Å². The molecule has 298 valence electrons. The number of benzene rings is 10. The van der Waals surface area contributed by atoms with Crippen LogP contribution in [0.15, 0.2) is 255 Å². The standard InChI is InChI=1S/C60H43N3/c1-4-14-43(15-5-1)45-26-35-52(36-27-45)62(53-37-28-46(29-38-53)44-24-33-50(34-25-44)61-58-22-12-10-20-55(58)48-16-6-2-7-17-48)54-39-30-47(31-40-54)49-32-41-57-56-21-11-13-23-59(56)63(60(57)42-49)51-18-8-3-9-19-51/h1-42,61H. The molecule has 0 aliphatic heterocycles. The number of hydrogen-bond donors (Lipinski definition) is 1. The Morgan fingerprint density at radius 2 is 0.730 bits per heavy atom. The fraction of sp³-hybridized carbons (Fsp3) is 0. The summed E-state index contributed by atoms with van der Waals surface area (Å²) in [7, 11) is 0. The molecule has 0 aliphatic rings. The summed E-state index contributed by atoms with van der Waals surface area (Å²) in [6, 6.07) is 91.2. The molecule has 3 nitrogen and oxygen atoms in total. The Hall–Kier alpha value is -8.40. The minimum atomic E-state index is 1.05. The Bertz CT molecular complexity index is 3300. The molecule has 0 amide bonds. The van der Waals surface area contributed by atoms with Crippen LogP contribution in [0.4, 0.5) is 28.4 Å². The van der Waals surface area contributed by atoms with Crippen molar-refractivity contribution in [3.05, 3.63) is 255 Å². The average molecular weight is 806 g/mol. The maximum Gasteiger partial charge on any atom is 0.0547 e. The van der Waals surface area contributed by atoms with Gasteiger partial charge in [-0.1, -0.05) is 176 Å². The molecule has 0 radical (unpaired) electrons. The van der Waals surface area contributed by atoms with E-state index < -0.39 is 0 Å². The summed E-state index contributed by atoms with van der Waals surface area (Å²) in [4.78, 5) is 2.34. The fourth-order valence-corrected chi connectivity index (χ4v) is 8.86. The number of fused-ring (bicyclic) bond motifs is 3. The van der Waals surface area contributed by atoms with E-state index >= 15 is 0 Å². The van der Waals surface area contributed by atoms with Gasteiger partial charge in [0.2, 0.25) is 0 Å². The van der Waals surface area contributed by atoms with E-state index in [2.05, 4.69) is 270 Å². The second-order valence-corrected chi connectivity index (χ2v) is 15.9. The van der Waals surface area contributed by atoms with Crippen LogP contribution in [0.2, 0.25) is 0 Å². The van der Waals surface area contributed by atoms with Gasteiger partial charge in [-0.25, -0.2) is 0 Å². The molecule has 0 saturated heterocycles. The van der Waals surface area contributed by atoms with Crippen molar-refractivity contribution in [1.82, 2.24) is 4.57 Å². The summed E-state index contributed by atoms with van der Waals surface area (Å²) in [6.07, 6.45) is 0. The number of anilines is 5. The van der Waals surface area contributed by atoms with Crippen molar-refractivity contribution in [2.45, 2.75) is 0 Å². The molecule has 11 aromatic rings. The smallest absolute Gasteiger partial charge is 0.0547 e. The van der Waals surface area contributed by atoms with Crippen molar-refractivity contribution in [2.75, 3.05) is 10.2 Å². The van der Waals surface area contributed by atoms with Gasteiger partial charge in [-0.2, -0.15) is 0 Å². The van der Waals surface area contributed by atoms with Gasteiger partial charge < -0.3 is 14.8 Å². The Morgan fingerprint density at radius 3 is 1.33 bits per heavy atom. The highest BCUT2D eigenvalue weighted by molar-refractivity contribution is 6.10. The first-order valence-corrected chi connectivity index (χ1v) is 21.5. The monoisotopic (exact) mass is 805 g/mol. The second kappa shape index (κ2) is 16.6. The molecule has 0 fully saturated rings. The van der Waals surface area contributed by atoms with E-state index in [-0.39, 0.29) is 0 Å². The topological polar surface area (TPSA) is 20.2 Å². The molecule has 63 heavy (non-hydrogen) atoms. The first-order chi connectivity index (χ1) is 31.2. The van der Waals surface area contributed by atoms with E-state index in [0.717, 1.165) is 45.3 Å². The van der Waals surface area contributed by atoms with Crippen molar-refractivity contribution in [3.8, 4) is 50.2 Å². The van der Waals surface area contributed by atoms with E-state index in [1.54, 1.807) is 0 Å². The molecule has 0 unspecified atom stereocenters. The van der Waals surface area contributed by atoms with E-state index in [4.69, 9.17) is 0 Å². The maximum atomic E-state index is 3.65. The largest absolute Gasteiger partial charge is 0.355 e. The minimum absolute atomic E-state index is 1.05. The van der Waals surface area contributed by atoms with Crippen molar-refractivity contribution in [2.24, 2.45) is 0 Å². The Labute approximate surface area is 368 Å². The van der Waals surface area contributed by atoms with Gasteiger partial charge in [0.1, 0.15) is 0 Å². The number of nitrogens with zero attached hydrogens (tertiary/aromatic N) is 2. The summed E-state index contributed by atoms with van der Waals surface area (Å²) >= 11 is 0. The molecule has 0 spiro atoms. The van der Waals surface area contributed by atoms with E-state index in [1.165, 1.54) is 55.2 Å². The van der Waals surface area contributed by atoms with Crippen molar-refractivity contribution in [3.63, 3.8) is 0 Å². The van der Waals surface area contributed by atoms with Gasteiger partial charge in [-0.05, 0) is 118 Å². The van der Waals surface area contributed by atoms with Gasteiger partial charge in [0, 0.05) is 50.5 Å². The molecular weight excluding hydrogens is 763 g/mol. The van der Waals surface area contributed by atoms with E-state index in [9.17, 15) is 0 Å². The molecule has 0 bridgehead atoms. The third kappa shape index (κ3) is 7.43. The lowest BCUT2D eigenvalue weighted by molar-refractivity contribution is 1.18. The van der Waals surface area contributed by atoms with Gasteiger partial charge in [0.15, 0.2) is 0 Å². The normalized spacial score (nSPS) is 11.2. The number of hydrogen-bond acceptors (Lipinski definition) is 2. The highest BCUT2D eigenvalue weighted by Gasteiger charge is 2.16. The van der Waals surface area contributed by atoms with Gasteiger partial charge >= 0.3 is 0 Å². The molecule has 1 aromatic heterocycles. The van der Waals surface area contributed by atoms with Crippen molar-refractivity contribution in [1.29, 1.82) is 0 Å². The predicted octanol–water partition coefficient (Wildman–Crippen LogP) is 16.7. The third-order valence-electron chi connectivity index (χ3n) is 12.0. The zero-order chi connectivity index (χ0) is 42.0. The molecule has 0 saturated carbocycles. The van der Waals surface area contributed by atoms with Gasteiger partial charge in [-0.15, -0.1) is 0 Å². The molecule has 0 aliphatic carbocycles. The number of aromatic nitrogens is 1.